The Labute approximate surface area is 193 Å². The van der Waals surface area contributed by atoms with Crippen LogP contribution in [0.1, 0.15) is 17.3 Å². The van der Waals surface area contributed by atoms with Crippen LogP contribution in [0.2, 0.25) is 0 Å². The predicted molar refractivity (Wildman–Crippen MR) is 123 cm³/mol. The van der Waals surface area contributed by atoms with Crippen LogP contribution >= 0.6 is 0 Å². The summed E-state index contributed by atoms with van der Waals surface area (Å²) in [7, 11) is -4.75. The average molecular weight is 495 g/mol. The highest BCUT2D eigenvalue weighted by Gasteiger charge is 2.29. The molecule has 0 atom stereocenters. The fourth-order valence-corrected chi connectivity index (χ4v) is 5.82. The number of benzene rings is 2. The summed E-state index contributed by atoms with van der Waals surface area (Å²) >= 11 is 0. The van der Waals surface area contributed by atoms with E-state index in [4.69, 9.17) is 0 Å². The lowest BCUT2D eigenvalue weighted by Gasteiger charge is -2.33. The van der Waals surface area contributed by atoms with Crippen molar-refractivity contribution in [3.05, 3.63) is 54.1 Å². The van der Waals surface area contributed by atoms with Gasteiger partial charge in [-0.2, -0.15) is 4.31 Å². The number of amides is 2. The molecule has 2 aromatic rings. The first-order valence-corrected chi connectivity index (χ1v) is 13.0. The largest absolute Gasteiger partial charge is 0.340 e. The lowest BCUT2D eigenvalue weighted by atomic mass is 10.2. The summed E-state index contributed by atoms with van der Waals surface area (Å²) in [5.74, 6) is -0.669. The number of sulfonamides is 2. The standard InChI is InChI=1S/C21H26N4O6S2/c1-16(26)24-12-14-25(15-13-24)32(28,29)18-10-8-17(9-11-18)21(27)22-19-6-4-5-7-20(19)33(30,31)23(2)3/h4-11H,12-15H2,1-3H3,(H,22,27). The van der Waals surface area contributed by atoms with Gasteiger partial charge in [0, 0.05) is 52.8 Å². The number of para-hydroxylation sites is 1. The number of carbonyl (C=O) groups excluding carboxylic acids is 2. The summed E-state index contributed by atoms with van der Waals surface area (Å²) in [6.45, 7) is 2.49. The van der Waals surface area contributed by atoms with Crippen molar-refractivity contribution in [2.45, 2.75) is 16.7 Å². The molecule has 0 radical (unpaired) electrons. The van der Waals surface area contributed by atoms with E-state index in [1.54, 1.807) is 17.0 Å². The topological polar surface area (TPSA) is 124 Å². The maximum atomic E-state index is 12.9. The Kier molecular flexibility index (Phi) is 7.22. The number of hydrogen-bond donors (Lipinski definition) is 1. The van der Waals surface area contributed by atoms with Crippen LogP contribution in [0.4, 0.5) is 5.69 Å². The molecule has 0 aliphatic carbocycles. The highest BCUT2D eigenvalue weighted by Crippen LogP contribution is 2.24. The van der Waals surface area contributed by atoms with E-state index in [0.29, 0.717) is 13.1 Å². The second-order valence-corrected chi connectivity index (χ2v) is 11.7. The van der Waals surface area contributed by atoms with Crippen molar-refractivity contribution in [3.8, 4) is 0 Å². The van der Waals surface area contributed by atoms with E-state index in [1.165, 1.54) is 61.7 Å². The molecular weight excluding hydrogens is 468 g/mol. The van der Waals surface area contributed by atoms with Crippen LogP contribution in [0, 0.1) is 0 Å². The summed E-state index contributed by atoms with van der Waals surface area (Å²) in [6.07, 6.45) is 0. The molecule has 2 aromatic carbocycles. The first-order valence-electron chi connectivity index (χ1n) is 10.1. The molecule has 2 amide bonds. The summed E-state index contributed by atoms with van der Waals surface area (Å²) in [4.78, 5) is 25.7. The zero-order chi connectivity index (χ0) is 24.4. The molecule has 1 N–H and O–H groups in total. The van der Waals surface area contributed by atoms with Crippen molar-refractivity contribution in [2.24, 2.45) is 0 Å². The van der Waals surface area contributed by atoms with Gasteiger partial charge >= 0.3 is 0 Å². The molecule has 3 rings (SSSR count). The number of nitrogens with one attached hydrogen (secondary N) is 1. The predicted octanol–water partition coefficient (Wildman–Crippen LogP) is 1.04. The van der Waals surface area contributed by atoms with Crippen molar-refractivity contribution in [3.63, 3.8) is 0 Å². The van der Waals surface area contributed by atoms with E-state index in [9.17, 15) is 26.4 Å². The van der Waals surface area contributed by atoms with Gasteiger partial charge in [-0.25, -0.2) is 21.1 Å². The first-order chi connectivity index (χ1) is 15.4. The molecule has 1 heterocycles. The Morgan fingerprint density at radius 1 is 0.879 bits per heavy atom. The zero-order valence-electron chi connectivity index (χ0n) is 18.6. The normalized spacial score (nSPS) is 15.5. The van der Waals surface area contributed by atoms with Gasteiger partial charge in [-0.05, 0) is 36.4 Å². The van der Waals surface area contributed by atoms with Crippen molar-refractivity contribution >= 4 is 37.5 Å². The van der Waals surface area contributed by atoms with Gasteiger partial charge < -0.3 is 10.2 Å². The van der Waals surface area contributed by atoms with Gasteiger partial charge in [-0.15, -0.1) is 0 Å². The van der Waals surface area contributed by atoms with Gasteiger partial charge in [-0.3, -0.25) is 9.59 Å². The van der Waals surface area contributed by atoms with Crippen LogP contribution in [0.25, 0.3) is 0 Å². The van der Waals surface area contributed by atoms with Crippen molar-refractivity contribution in [2.75, 3.05) is 45.6 Å². The number of piperazine rings is 1. The van der Waals surface area contributed by atoms with Gasteiger partial charge in [0.2, 0.25) is 26.0 Å². The molecule has 0 aromatic heterocycles. The Hall–Kier alpha value is -2.80. The second-order valence-electron chi connectivity index (χ2n) is 7.67. The van der Waals surface area contributed by atoms with Gasteiger partial charge in [0.15, 0.2) is 0 Å². The average Bonchev–Trinajstić information content (AvgIpc) is 2.79. The highest BCUT2D eigenvalue weighted by molar-refractivity contribution is 7.89. The minimum Gasteiger partial charge on any atom is -0.340 e. The maximum Gasteiger partial charge on any atom is 0.255 e. The summed E-state index contributed by atoms with van der Waals surface area (Å²) < 4.78 is 53.2. The SMILES string of the molecule is CC(=O)N1CCN(S(=O)(=O)c2ccc(C(=O)Nc3ccccc3S(=O)(=O)N(C)C)cc2)CC1. The zero-order valence-corrected chi connectivity index (χ0v) is 20.2. The van der Waals surface area contributed by atoms with Crippen LogP contribution in [0.5, 0.6) is 0 Å². The minimum atomic E-state index is -3.77. The molecule has 1 fully saturated rings. The van der Waals surface area contributed by atoms with Crippen molar-refractivity contribution < 1.29 is 26.4 Å². The Morgan fingerprint density at radius 2 is 1.45 bits per heavy atom. The third kappa shape index (κ3) is 5.24. The molecule has 0 saturated carbocycles. The quantitative estimate of drug-likeness (QED) is 0.640. The highest BCUT2D eigenvalue weighted by atomic mass is 32.2. The fraction of sp³-hybridized carbons (Fsp3) is 0.333. The lowest BCUT2D eigenvalue weighted by molar-refractivity contribution is -0.129. The Bertz CT molecular complexity index is 1250. The molecule has 178 valence electrons. The van der Waals surface area contributed by atoms with E-state index in [2.05, 4.69) is 5.32 Å². The molecule has 12 heteroatoms. The number of hydrogen-bond acceptors (Lipinski definition) is 6. The molecule has 1 saturated heterocycles. The lowest BCUT2D eigenvalue weighted by Crippen LogP contribution is -2.49. The van der Waals surface area contributed by atoms with E-state index in [1.807, 2.05) is 0 Å². The molecule has 0 bridgehead atoms. The van der Waals surface area contributed by atoms with E-state index < -0.39 is 26.0 Å². The first kappa shape index (κ1) is 24.8. The smallest absolute Gasteiger partial charge is 0.255 e. The van der Waals surface area contributed by atoms with Crippen LogP contribution in [-0.2, 0) is 24.8 Å². The number of carbonyl (C=O) groups is 2. The summed E-state index contributed by atoms with van der Waals surface area (Å²) in [5, 5.41) is 2.58. The molecule has 33 heavy (non-hydrogen) atoms. The number of rotatable bonds is 6. The van der Waals surface area contributed by atoms with Gasteiger partial charge in [0.05, 0.1) is 10.6 Å². The maximum absolute atomic E-state index is 12.9. The van der Waals surface area contributed by atoms with Crippen LogP contribution in [0.3, 0.4) is 0 Å². The fourth-order valence-electron chi connectivity index (χ4n) is 3.36. The second kappa shape index (κ2) is 9.59. The monoisotopic (exact) mass is 494 g/mol. The van der Waals surface area contributed by atoms with Gasteiger partial charge in [0.25, 0.3) is 5.91 Å². The van der Waals surface area contributed by atoms with Gasteiger partial charge in [0.1, 0.15) is 4.90 Å². The minimum absolute atomic E-state index is 0.0333. The van der Waals surface area contributed by atoms with Crippen LogP contribution in [-0.4, -0.2) is 82.4 Å². The Balaban J connectivity index is 1.76. The van der Waals surface area contributed by atoms with Gasteiger partial charge in [-0.1, -0.05) is 12.1 Å². The Morgan fingerprint density at radius 3 is 2.00 bits per heavy atom. The van der Waals surface area contributed by atoms with Crippen LogP contribution < -0.4 is 5.32 Å². The van der Waals surface area contributed by atoms with Crippen LogP contribution in [0.15, 0.2) is 58.3 Å². The summed E-state index contributed by atoms with van der Waals surface area (Å²) in [6, 6.07) is 11.5. The molecule has 0 spiro atoms. The molecular formula is C21H26N4O6S2. The number of anilines is 1. The summed E-state index contributed by atoms with van der Waals surface area (Å²) in [5.41, 5.74) is 0.295. The van der Waals surface area contributed by atoms with Crippen molar-refractivity contribution in [1.29, 1.82) is 0 Å². The van der Waals surface area contributed by atoms with E-state index >= 15 is 0 Å². The molecule has 1 aliphatic heterocycles. The van der Waals surface area contributed by atoms with E-state index in [-0.39, 0.29) is 40.0 Å². The third-order valence-corrected chi connectivity index (χ3v) is 9.12. The van der Waals surface area contributed by atoms with Crippen molar-refractivity contribution in [1.82, 2.24) is 13.5 Å². The molecule has 10 nitrogen and oxygen atoms in total. The molecule has 1 aliphatic rings. The number of nitrogens with zero attached hydrogens (tertiary/aromatic N) is 3. The third-order valence-electron chi connectivity index (χ3n) is 5.33. The molecule has 0 unspecified atom stereocenters. The van der Waals surface area contributed by atoms with E-state index in [0.717, 1.165) is 4.31 Å².